The Morgan fingerprint density at radius 3 is 1.81 bits per heavy atom. The van der Waals surface area contributed by atoms with Gasteiger partial charge in [-0.05, 0) is 37.6 Å². The van der Waals surface area contributed by atoms with Crippen molar-refractivity contribution >= 4 is 22.8 Å². The Labute approximate surface area is 189 Å². The number of benzene rings is 2. The van der Waals surface area contributed by atoms with Crippen molar-refractivity contribution < 1.29 is 9.59 Å². The lowest BCUT2D eigenvalue weighted by Gasteiger charge is -2.27. The number of nitrogens with zero attached hydrogens (tertiary/aromatic N) is 1. The van der Waals surface area contributed by atoms with Gasteiger partial charge < -0.3 is 20.9 Å². The van der Waals surface area contributed by atoms with E-state index in [-0.39, 0.29) is 5.91 Å². The summed E-state index contributed by atoms with van der Waals surface area (Å²) in [5, 5.41) is 9.00. The molecule has 0 saturated carbocycles. The number of carbonyl (C=O) groups is 2. The minimum Gasteiger partial charge on any atom is -0.388 e. The summed E-state index contributed by atoms with van der Waals surface area (Å²) in [6, 6.07) is 18.1. The van der Waals surface area contributed by atoms with E-state index < -0.39 is 5.24 Å². The largest absolute Gasteiger partial charge is 0.388 e. The number of nitrogens with one attached hydrogen (secondary N) is 3. The van der Waals surface area contributed by atoms with Crippen LogP contribution in [0.1, 0.15) is 34.6 Å². The van der Waals surface area contributed by atoms with Gasteiger partial charge in [0, 0.05) is 61.1 Å². The van der Waals surface area contributed by atoms with Crippen molar-refractivity contribution in [2.75, 3.05) is 26.2 Å². The van der Waals surface area contributed by atoms with Crippen LogP contribution in [0.15, 0.2) is 84.5 Å². The Morgan fingerprint density at radius 1 is 0.806 bits per heavy atom. The zero-order valence-electron chi connectivity index (χ0n) is 17.9. The molecule has 7 heteroatoms. The first-order valence-corrected chi connectivity index (χ1v) is 10.5. The monoisotopic (exact) mass is 440 g/mol. The minimum absolute atomic E-state index is 0.0749. The molecule has 0 unspecified atom stereocenters. The topological polar surface area (TPSA) is 73.5 Å². The molecule has 0 radical (unpaired) electrons. The molecule has 2 aromatic rings. The van der Waals surface area contributed by atoms with Crippen LogP contribution in [0.5, 0.6) is 0 Å². The number of hydrogen-bond acceptors (Lipinski definition) is 5. The third-order valence-corrected chi connectivity index (χ3v) is 4.69. The third kappa shape index (κ3) is 8.56. The quantitative estimate of drug-likeness (QED) is 0.621. The van der Waals surface area contributed by atoms with Crippen LogP contribution in [0.3, 0.4) is 0 Å². The Morgan fingerprint density at radius 2 is 1.39 bits per heavy atom. The summed E-state index contributed by atoms with van der Waals surface area (Å²) in [4.78, 5) is 24.3. The van der Waals surface area contributed by atoms with E-state index in [1.54, 1.807) is 29.2 Å². The molecule has 1 amide bonds. The van der Waals surface area contributed by atoms with Crippen LogP contribution >= 0.6 is 11.6 Å². The zero-order valence-corrected chi connectivity index (χ0v) is 18.7. The maximum Gasteiger partial charge on any atom is 0.258 e. The molecule has 2 aliphatic rings. The highest BCUT2D eigenvalue weighted by atomic mass is 35.5. The number of carbonyl (C=O) groups excluding carboxylic acids is 2. The first-order valence-electron chi connectivity index (χ1n) is 10.1. The average molecular weight is 441 g/mol. The van der Waals surface area contributed by atoms with E-state index in [4.69, 9.17) is 11.6 Å². The molecule has 3 N–H and O–H groups in total. The van der Waals surface area contributed by atoms with Crippen LogP contribution in [0.4, 0.5) is 0 Å². The number of amides is 1. The van der Waals surface area contributed by atoms with Crippen molar-refractivity contribution in [3.8, 4) is 0 Å². The SMILES string of the molecule is CC1=CNCCN1.CC1=CNCCN1C(=O)c1ccccc1.O=C(Cl)c1ccccc1. The van der Waals surface area contributed by atoms with E-state index >= 15 is 0 Å². The molecule has 0 atom stereocenters. The smallest absolute Gasteiger partial charge is 0.258 e. The van der Waals surface area contributed by atoms with Gasteiger partial charge in [-0.25, -0.2) is 0 Å². The van der Waals surface area contributed by atoms with Gasteiger partial charge in [0.25, 0.3) is 11.1 Å². The molecule has 164 valence electrons. The molecule has 31 heavy (non-hydrogen) atoms. The fourth-order valence-electron chi connectivity index (χ4n) is 2.83. The molecule has 0 saturated heterocycles. The molecule has 0 aromatic heterocycles. The molecule has 0 aliphatic carbocycles. The van der Waals surface area contributed by atoms with Crippen molar-refractivity contribution in [2.24, 2.45) is 0 Å². The van der Waals surface area contributed by atoms with Crippen molar-refractivity contribution in [1.29, 1.82) is 0 Å². The van der Waals surface area contributed by atoms with E-state index in [1.807, 2.05) is 62.6 Å². The highest BCUT2D eigenvalue weighted by Crippen LogP contribution is 2.11. The summed E-state index contributed by atoms with van der Waals surface area (Å²) in [6.45, 7) is 7.64. The van der Waals surface area contributed by atoms with Crippen LogP contribution < -0.4 is 16.0 Å². The van der Waals surface area contributed by atoms with Crippen LogP contribution in [-0.4, -0.2) is 42.2 Å². The molecule has 2 heterocycles. The maximum atomic E-state index is 12.1. The van der Waals surface area contributed by atoms with Crippen molar-refractivity contribution in [1.82, 2.24) is 20.9 Å². The molecule has 2 aliphatic heterocycles. The highest BCUT2D eigenvalue weighted by molar-refractivity contribution is 6.67. The Kier molecular flexibility index (Phi) is 10.2. The van der Waals surface area contributed by atoms with Gasteiger partial charge in [0.2, 0.25) is 0 Å². The van der Waals surface area contributed by atoms with E-state index in [0.717, 1.165) is 37.4 Å². The summed E-state index contributed by atoms with van der Waals surface area (Å²) in [5.74, 6) is 0.0749. The predicted molar refractivity (Wildman–Crippen MR) is 126 cm³/mol. The summed E-state index contributed by atoms with van der Waals surface area (Å²) in [7, 11) is 0. The Hall–Kier alpha value is -3.25. The zero-order chi connectivity index (χ0) is 22.5. The first-order chi connectivity index (χ1) is 15.0. The molecule has 4 rings (SSSR count). The normalized spacial score (nSPS) is 14.5. The van der Waals surface area contributed by atoms with Gasteiger partial charge in [0.1, 0.15) is 0 Å². The van der Waals surface area contributed by atoms with Crippen molar-refractivity contribution in [3.05, 3.63) is 95.6 Å². The Balaban J connectivity index is 0.000000181. The van der Waals surface area contributed by atoms with Gasteiger partial charge in [-0.1, -0.05) is 48.5 Å². The van der Waals surface area contributed by atoms with Gasteiger partial charge >= 0.3 is 0 Å². The molecule has 0 fully saturated rings. The average Bonchev–Trinajstić information content (AvgIpc) is 2.81. The van der Waals surface area contributed by atoms with Crippen LogP contribution in [0, 0.1) is 0 Å². The van der Waals surface area contributed by atoms with Crippen LogP contribution in [-0.2, 0) is 0 Å². The van der Waals surface area contributed by atoms with E-state index in [0.29, 0.717) is 5.56 Å². The second kappa shape index (κ2) is 13.1. The maximum absolute atomic E-state index is 12.1. The highest BCUT2D eigenvalue weighted by Gasteiger charge is 2.18. The minimum atomic E-state index is -0.407. The fraction of sp³-hybridized carbons (Fsp3) is 0.250. The Bertz CT molecular complexity index is 898. The lowest BCUT2D eigenvalue weighted by atomic mass is 10.2. The second-order valence-electron chi connectivity index (χ2n) is 6.91. The molecule has 0 bridgehead atoms. The standard InChI is InChI=1S/C12H14N2O.C7H5ClO.C5H10N2/c1-10-9-13-7-8-14(10)12(15)11-5-3-2-4-6-11;8-7(9)6-4-2-1-3-5-6;1-5-4-6-2-3-7-5/h2-6,9,13H,7-8H2,1H3;1-5H;4,6-7H,2-3H2,1H3. The third-order valence-electron chi connectivity index (χ3n) is 4.47. The number of rotatable bonds is 2. The van der Waals surface area contributed by atoms with Gasteiger partial charge in [-0.15, -0.1) is 0 Å². The first kappa shape index (κ1) is 24.0. The van der Waals surface area contributed by atoms with E-state index in [1.165, 1.54) is 5.70 Å². The second-order valence-corrected chi connectivity index (χ2v) is 7.25. The number of hydrogen-bond donors (Lipinski definition) is 3. The summed E-state index contributed by atoms with van der Waals surface area (Å²) < 4.78 is 0. The van der Waals surface area contributed by atoms with Gasteiger partial charge in [0.15, 0.2) is 0 Å². The molecule has 0 spiro atoms. The van der Waals surface area contributed by atoms with Crippen molar-refractivity contribution in [3.63, 3.8) is 0 Å². The summed E-state index contributed by atoms with van der Waals surface area (Å²) >= 11 is 5.16. The van der Waals surface area contributed by atoms with Gasteiger partial charge in [-0.3, -0.25) is 9.59 Å². The molecule has 6 nitrogen and oxygen atoms in total. The van der Waals surface area contributed by atoms with Crippen LogP contribution in [0.2, 0.25) is 0 Å². The number of halogens is 1. The number of allylic oxidation sites excluding steroid dienone is 2. The van der Waals surface area contributed by atoms with E-state index in [2.05, 4.69) is 16.0 Å². The molecule has 2 aromatic carbocycles. The summed E-state index contributed by atoms with van der Waals surface area (Å²) in [5.41, 5.74) is 3.48. The summed E-state index contributed by atoms with van der Waals surface area (Å²) in [6.07, 6.45) is 3.87. The predicted octanol–water partition coefficient (Wildman–Crippen LogP) is 3.70. The molecular formula is C24H29ClN4O2. The van der Waals surface area contributed by atoms with E-state index in [9.17, 15) is 9.59 Å². The van der Waals surface area contributed by atoms with Crippen molar-refractivity contribution in [2.45, 2.75) is 13.8 Å². The lowest BCUT2D eigenvalue weighted by Crippen LogP contribution is -2.38. The van der Waals surface area contributed by atoms with Gasteiger partial charge in [0.05, 0.1) is 0 Å². The van der Waals surface area contributed by atoms with Gasteiger partial charge in [-0.2, -0.15) is 0 Å². The molecular weight excluding hydrogens is 412 g/mol. The fourth-order valence-corrected chi connectivity index (χ4v) is 2.95. The lowest BCUT2D eigenvalue weighted by molar-refractivity contribution is 0.0800. The van der Waals surface area contributed by atoms with Crippen LogP contribution in [0.25, 0.3) is 0 Å².